The fraction of sp³-hybridized carbons (Fsp3) is 0.356. The van der Waals surface area contributed by atoms with E-state index in [9.17, 15) is 9.59 Å². The molecule has 0 amide bonds. The predicted octanol–water partition coefficient (Wildman–Crippen LogP) is 11.8. The lowest BCUT2D eigenvalue weighted by atomic mass is 9.81. The van der Waals surface area contributed by atoms with E-state index < -0.39 is 0 Å². The average molecular weight is 679 g/mol. The van der Waals surface area contributed by atoms with Gasteiger partial charge in [0.25, 0.3) is 0 Å². The van der Waals surface area contributed by atoms with Crippen LogP contribution in [0.15, 0.2) is 133 Å². The number of allylic oxidation sites excluding steroid dienone is 11. The molecule has 0 aliphatic heterocycles. The third kappa shape index (κ3) is 14.8. The van der Waals surface area contributed by atoms with E-state index in [0.29, 0.717) is 29.3 Å². The van der Waals surface area contributed by atoms with Gasteiger partial charge < -0.3 is 14.3 Å². The minimum absolute atomic E-state index is 0.0582. The molecule has 1 aliphatic carbocycles. The van der Waals surface area contributed by atoms with Crippen molar-refractivity contribution in [3.05, 3.63) is 144 Å². The molecule has 0 radical (unpaired) electrons. The first kappa shape index (κ1) is 43.3. The highest BCUT2D eigenvalue weighted by Gasteiger charge is 2.27. The van der Waals surface area contributed by atoms with E-state index in [1.165, 1.54) is 11.1 Å². The molecule has 0 N–H and O–H groups in total. The first-order valence-corrected chi connectivity index (χ1v) is 17.4. The molecule has 1 unspecified atom stereocenters. The normalized spacial score (nSPS) is 15.2. The molecule has 0 aromatic heterocycles. The van der Waals surface area contributed by atoms with Gasteiger partial charge in [-0.1, -0.05) is 122 Å². The van der Waals surface area contributed by atoms with Crippen LogP contribution in [0.2, 0.25) is 0 Å². The third-order valence-corrected chi connectivity index (χ3v) is 7.72. The Morgan fingerprint density at radius 1 is 0.880 bits per heavy atom. The van der Waals surface area contributed by atoms with Gasteiger partial charge in [0.05, 0.1) is 0 Å². The number of hydrogen-bond donors (Lipinski definition) is 0. The molecule has 1 aliphatic rings. The van der Waals surface area contributed by atoms with Crippen LogP contribution in [-0.4, -0.2) is 25.0 Å². The molecular weight excluding hydrogens is 620 g/mol. The Hall–Kier alpha value is -4.77. The van der Waals surface area contributed by atoms with Crippen LogP contribution in [0.1, 0.15) is 97.5 Å². The molecule has 0 saturated heterocycles. The quantitative estimate of drug-likeness (QED) is 0.0693. The van der Waals surface area contributed by atoms with Crippen LogP contribution >= 0.6 is 0 Å². The first-order chi connectivity index (χ1) is 23.8. The number of benzene rings is 2. The highest BCUT2D eigenvalue weighted by atomic mass is 16.5. The summed E-state index contributed by atoms with van der Waals surface area (Å²) >= 11 is 0. The van der Waals surface area contributed by atoms with Gasteiger partial charge in [-0.05, 0) is 91.8 Å². The molecule has 0 heterocycles. The number of carbonyl (C=O) groups is 3. The topological polar surface area (TPSA) is 69.7 Å². The molecule has 0 saturated carbocycles. The predicted molar refractivity (Wildman–Crippen MR) is 210 cm³/mol. The second kappa shape index (κ2) is 22.0. The van der Waals surface area contributed by atoms with Crippen molar-refractivity contribution in [2.24, 2.45) is 11.3 Å². The molecule has 2 aromatic rings. The standard InChI is InChI=1S/C42H50O4.C2H6.CH2O/c1-9-14-36(19-12-16-31-15-11-17-34(21-20-31)40(44)42(6,7)8)45-30-13-18-32(10-2)39(43)33-22-26-37(27-23-33)46-38-28-24-35(25-29-38)41(3,4)5;2*1-2/h9-14,17-20,22-29,34H,1,15-16,21,30H2,2-8H3;1-2H3;1H2/b18-13-,19-12-,32-10+,36-14+;;. The minimum atomic E-state index is -0.342. The molecule has 5 heteroatoms. The van der Waals surface area contributed by atoms with E-state index in [-0.39, 0.29) is 28.3 Å². The summed E-state index contributed by atoms with van der Waals surface area (Å²) in [6.07, 6.45) is 21.6. The van der Waals surface area contributed by atoms with Gasteiger partial charge in [0, 0.05) is 22.5 Å². The van der Waals surface area contributed by atoms with Gasteiger partial charge in [-0.3, -0.25) is 9.59 Å². The van der Waals surface area contributed by atoms with Gasteiger partial charge in [-0.2, -0.15) is 0 Å². The van der Waals surface area contributed by atoms with Gasteiger partial charge in [0.15, 0.2) is 5.78 Å². The maximum Gasteiger partial charge on any atom is 0.192 e. The monoisotopic (exact) mass is 678 g/mol. The highest BCUT2D eigenvalue weighted by molar-refractivity contribution is 6.10. The molecule has 3 rings (SSSR count). The fourth-order valence-electron chi connectivity index (χ4n) is 4.97. The number of rotatable bonds is 13. The molecule has 0 spiro atoms. The number of ether oxygens (including phenoxy) is 2. The smallest absolute Gasteiger partial charge is 0.192 e. The fourth-order valence-corrected chi connectivity index (χ4v) is 4.97. The zero-order chi connectivity index (χ0) is 37.7. The molecule has 50 heavy (non-hydrogen) atoms. The van der Waals surface area contributed by atoms with Crippen molar-refractivity contribution in [3.8, 4) is 11.5 Å². The van der Waals surface area contributed by atoms with Crippen molar-refractivity contribution in [1.82, 2.24) is 0 Å². The van der Waals surface area contributed by atoms with Crippen LogP contribution in [0, 0.1) is 11.3 Å². The van der Waals surface area contributed by atoms with Crippen LogP contribution in [0.5, 0.6) is 11.5 Å². The summed E-state index contributed by atoms with van der Waals surface area (Å²) in [6, 6.07) is 15.3. The van der Waals surface area contributed by atoms with Crippen LogP contribution in [-0.2, 0) is 19.7 Å². The number of carbonyl (C=O) groups excluding carboxylic acids is 3. The summed E-state index contributed by atoms with van der Waals surface area (Å²) in [5.41, 5.74) is 3.43. The molecule has 0 bridgehead atoms. The first-order valence-electron chi connectivity index (χ1n) is 17.4. The molecule has 0 fully saturated rings. The van der Waals surface area contributed by atoms with E-state index in [2.05, 4.69) is 63.8 Å². The van der Waals surface area contributed by atoms with E-state index in [4.69, 9.17) is 14.3 Å². The lowest BCUT2D eigenvalue weighted by Crippen LogP contribution is -2.26. The van der Waals surface area contributed by atoms with E-state index in [0.717, 1.165) is 25.0 Å². The van der Waals surface area contributed by atoms with Gasteiger partial charge >= 0.3 is 0 Å². The average Bonchev–Trinajstić information content (AvgIpc) is 3.35. The lowest BCUT2D eigenvalue weighted by molar-refractivity contribution is -0.128. The highest BCUT2D eigenvalue weighted by Crippen LogP contribution is 2.29. The van der Waals surface area contributed by atoms with Crippen LogP contribution in [0.25, 0.3) is 0 Å². The van der Waals surface area contributed by atoms with Crippen LogP contribution in [0.4, 0.5) is 0 Å². The second-order valence-electron chi connectivity index (χ2n) is 13.5. The molecule has 1 atom stereocenters. The zero-order valence-electron chi connectivity index (χ0n) is 31.8. The van der Waals surface area contributed by atoms with Crippen LogP contribution in [0.3, 0.4) is 0 Å². The van der Waals surface area contributed by atoms with E-state index in [1.807, 2.05) is 90.8 Å². The van der Waals surface area contributed by atoms with Gasteiger partial charge in [-0.15, -0.1) is 0 Å². The second-order valence-corrected chi connectivity index (χ2v) is 13.5. The minimum Gasteiger partial charge on any atom is -0.490 e. The van der Waals surface area contributed by atoms with Crippen molar-refractivity contribution in [1.29, 1.82) is 0 Å². The largest absolute Gasteiger partial charge is 0.490 e. The summed E-state index contributed by atoms with van der Waals surface area (Å²) in [4.78, 5) is 33.9. The molecule has 5 nitrogen and oxygen atoms in total. The summed E-state index contributed by atoms with van der Waals surface area (Å²) in [7, 11) is 0. The Morgan fingerprint density at radius 2 is 1.48 bits per heavy atom. The lowest BCUT2D eigenvalue weighted by Gasteiger charge is -2.21. The van der Waals surface area contributed by atoms with Gasteiger partial charge in [0.2, 0.25) is 0 Å². The Kier molecular flexibility index (Phi) is 19.1. The SMILES string of the molecule is C=C/C=C(\C=C/CC1=CCC(C(=O)C(C)(C)C)C=CC1)OC/C=C\C(=C/C)C(=O)c1ccc(Oc2ccc(C(C)(C)C)cc2)cc1.C=O.CC. The number of ketones is 2. The maximum atomic E-state index is 13.2. The summed E-state index contributed by atoms with van der Waals surface area (Å²) in [6.45, 7) is 24.4. The van der Waals surface area contributed by atoms with E-state index in [1.54, 1.807) is 30.4 Å². The van der Waals surface area contributed by atoms with Crippen molar-refractivity contribution in [2.45, 2.75) is 87.0 Å². The van der Waals surface area contributed by atoms with Crippen molar-refractivity contribution in [2.75, 3.05) is 6.61 Å². The van der Waals surface area contributed by atoms with Crippen LogP contribution < -0.4 is 4.74 Å². The maximum absolute atomic E-state index is 13.2. The molecule has 268 valence electrons. The summed E-state index contributed by atoms with van der Waals surface area (Å²) in [5.74, 6) is 2.26. The van der Waals surface area contributed by atoms with Gasteiger partial charge in [0.1, 0.15) is 36.4 Å². The molecular formula is C45H58O5. The summed E-state index contributed by atoms with van der Waals surface area (Å²) in [5, 5.41) is 0. The molecule has 2 aromatic carbocycles. The third-order valence-electron chi connectivity index (χ3n) is 7.72. The Labute approximate surface area is 301 Å². The van der Waals surface area contributed by atoms with Gasteiger partial charge in [-0.25, -0.2) is 0 Å². The Morgan fingerprint density at radius 3 is 2.02 bits per heavy atom. The van der Waals surface area contributed by atoms with E-state index >= 15 is 0 Å². The Bertz CT molecular complexity index is 1550. The van der Waals surface area contributed by atoms with Crippen molar-refractivity contribution >= 4 is 18.4 Å². The number of Topliss-reactive ketones (excluding diaryl/α,β-unsaturated/α-hetero) is 2. The Balaban J connectivity index is 0.00000301. The summed E-state index contributed by atoms with van der Waals surface area (Å²) < 4.78 is 11.9. The van der Waals surface area contributed by atoms with Crippen molar-refractivity contribution in [3.63, 3.8) is 0 Å². The zero-order valence-corrected chi connectivity index (χ0v) is 31.8. The van der Waals surface area contributed by atoms with Crippen molar-refractivity contribution < 1.29 is 23.9 Å². The number of hydrogen-bond acceptors (Lipinski definition) is 5.